The predicted molar refractivity (Wildman–Crippen MR) is 79.4 cm³/mol. The average molecular weight is 301 g/mol. The summed E-state index contributed by atoms with van der Waals surface area (Å²) in [6.07, 6.45) is 2.34. The molecule has 104 valence electrons. The smallest absolute Gasteiger partial charge is 0.153 e. The number of halogens is 2. The summed E-state index contributed by atoms with van der Waals surface area (Å²) in [6, 6.07) is 13.7. The number of carbonyl (C=O) groups excluding carboxylic acids is 1. The Morgan fingerprint density at radius 1 is 1.14 bits per heavy atom. The minimum atomic E-state index is -0.494. The summed E-state index contributed by atoms with van der Waals surface area (Å²) in [5.41, 5.74) is 2.46. The minimum absolute atomic E-state index is 0.0110. The topological polar surface area (TPSA) is 34.9 Å². The highest BCUT2D eigenvalue weighted by atomic mass is 35.5. The van der Waals surface area contributed by atoms with Gasteiger partial charge in [-0.2, -0.15) is 5.10 Å². The van der Waals surface area contributed by atoms with Gasteiger partial charge in [-0.25, -0.2) is 9.07 Å². The van der Waals surface area contributed by atoms with Gasteiger partial charge in [0.1, 0.15) is 11.5 Å². The van der Waals surface area contributed by atoms with Crippen LogP contribution in [0.25, 0.3) is 16.9 Å². The number of benzene rings is 2. The van der Waals surface area contributed by atoms with Crippen molar-refractivity contribution in [2.75, 3.05) is 0 Å². The van der Waals surface area contributed by atoms with E-state index in [2.05, 4.69) is 5.10 Å². The molecule has 0 radical (unpaired) electrons. The third-order valence-corrected chi connectivity index (χ3v) is 3.37. The van der Waals surface area contributed by atoms with Crippen molar-refractivity contribution < 1.29 is 9.18 Å². The molecular weight excluding hydrogens is 291 g/mol. The van der Waals surface area contributed by atoms with Crippen LogP contribution in [-0.2, 0) is 0 Å². The molecule has 0 unspecified atom stereocenters. The Bertz CT molecular complexity index is 799. The van der Waals surface area contributed by atoms with E-state index in [-0.39, 0.29) is 5.02 Å². The SMILES string of the molecule is O=Cc1cn(-c2ccc(F)c(Cl)c2)nc1-c1ccccc1. The number of rotatable bonds is 3. The van der Waals surface area contributed by atoms with Crippen molar-refractivity contribution in [3.05, 3.63) is 71.1 Å². The molecule has 0 saturated heterocycles. The molecule has 0 atom stereocenters. The maximum atomic E-state index is 13.2. The molecule has 0 aliphatic heterocycles. The van der Waals surface area contributed by atoms with Gasteiger partial charge < -0.3 is 0 Å². The number of hydrogen-bond acceptors (Lipinski definition) is 2. The fraction of sp³-hybridized carbons (Fsp3) is 0. The molecule has 3 aromatic rings. The molecule has 0 aliphatic carbocycles. The Kier molecular flexibility index (Phi) is 3.54. The van der Waals surface area contributed by atoms with Gasteiger partial charge in [0.2, 0.25) is 0 Å². The fourth-order valence-electron chi connectivity index (χ4n) is 2.05. The Labute approximate surface area is 125 Å². The van der Waals surface area contributed by atoms with Crippen LogP contribution in [-0.4, -0.2) is 16.1 Å². The van der Waals surface area contributed by atoms with Gasteiger partial charge in [-0.15, -0.1) is 0 Å². The number of nitrogens with zero attached hydrogens (tertiary/aromatic N) is 2. The summed E-state index contributed by atoms with van der Waals surface area (Å²) in [4.78, 5) is 11.2. The van der Waals surface area contributed by atoms with Gasteiger partial charge in [0.25, 0.3) is 0 Å². The predicted octanol–water partition coefficient (Wildman–Crippen LogP) is 4.14. The average Bonchev–Trinajstić information content (AvgIpc) is 2.95. The minimum Gasteiger partial charge on any atom is -0.298 e. The standard InChI is InChI=1S/C16H10ClFN2O/c17-14-8-13(6-7-15(14)18)20-9-12(10-21)16(19-20)11-4-2-1-3-5-11/h1-10H. The number of aromatic nitrogens is 2. The molecule has 2 aromatic carbocycles. The Morgan fingerprint density at radius 3 is 2.57 bits per heavy atom. The molecule has 1 heterocycles. The van der Waals surface area contributed by atoms with E-state index in [1.165, 1.54) is 16.8 Å². The van der Waals surface area contributed by atoms with Gasteiger partial charge in [0.05, 0.1) is 16.3 Å². The van der Waals surface area contributed by atoms with Crippen molar-refractivity contribution in [2.45, 2.75) is 0 Å². The normalized spacial score (nSPS) is 10.6. The van der Waals surface area contributed by atoms with Crippen LogP contribution < -0.4 is 0 Å². The molecule has 0 bridgehead atoms. The Balaban J connectivity index is 2.11. The number of aldehydes is 1. The maximum absolute atomic E-state index is 13.2. The second-order valence-corrected chi connectivity index (χ2v) is 4.87. The van der Waals surface area contributed by atoms with E-state index in [0.29, 0.717) is 16.9 Å². The third-order valence-electron chi connectivity index (χ3n) is 3.08. The van der Waals surface area contributed by atoms with Crippen LogP contribution in [0.2, 0.25) is 5.02 Å². The lowest BCUT2D eigenvalue weighted by atomic mass is 10.1. The quantitative estimate of drug-likeness (QED) is 0.681. The van der Waals surface area contributed by atoms with E-state index in [0.717, 1.165) is 11.8 Å². The van der Waals surface area contributed by atoms with Crippen molar-refractivity contribution in [3.8, 4) is 16.9 Å². The van der Waals surface area contributed by atoms with Crippen LogP contribution in [0.5, 0.6) is 0 Å². The first-order chi connectivity index (χ1) is 10.2. The van der Waals surface area contributed by atoms with E-state index < -0.39 is 5.82 Å². The fourth-order valence-corrected chi connectivity index (χ4v) is 2.23. The molecule has 0 aliphatic rings. The van der Waals surface area contributed by atoms with Gasteiger partial charge in [-0.1, -0.05) is 41.9 Å². The first-order valence-corrected chi connectivity index (χ1v) is 6.62. The molecule has 21 heavy (non-hydrogen) atoms. The highest BCUT2D eigenvalue weighted by Crippen LogP contribution is 2.24. The van der Waals surface area contributed by atoms with Crippen LogP contribution >= 0.6 is 11.6 Å². The van der Waals surface area contributed by atoms with Gasteiger partial charge >= 0.3 is 0 Å². The molecule has 3 rings (SSSR count). The summed E-state index contributed by atoms with van der Waals surface area (Å²) in [5, 5.41) is 4.41. The molecule has 3 nitrogen and oxygen atoms in total. The van der Waals surface area contributed by atoms with Gasteiger partial charge in [-0.3, -0.25) is 4.79 Å². The van der Waals surface area contributed by atoms with Crippen molar-refractivity contribution >= 4 is 17.9 Å². The molecule has 0 saturated carbocycles. The van der Waals surface area contributed by atoms with E-state index in [1.807, 2.05) is 30.3 Å². The van der Waals surface area contributed by atoms with E-state index >= 15 is 0 Å². The van der Waals surface area contributed by atoms with E-state index in [1.54, 1.807) is 12.3 Å². The summed E-state index contributed by atoms with van der Waals surface area (Å²) < 4.78 is 14.7. The van der Waals surface area contributed by atoms with Crippen molar-refractivity contribution in [2.24, 2.45) is 0 Å². The maximum Gasteiger partial charge on any atom is 0.153 e. The van der Waals surface area contributed by atoms with Crippen molar-refractivity contribution in [3.63, 3.8) is 0 Å². The van der Waals surface area contributed by atoms with Crippen molar-refractivity contribution in [1.82, 2.24) is 9.78 Å². The first kappa shape index (κ1) is 13.5. The largest absolute Gasteiger partial charge is 0.298 e. The van der Waals surface area contributed by atoms with Gasteiger partial charge in [0, 0.05) is 11.8 Å². The molecule has 0 spiro atoms. The van der Waals surface area contributed by atoms with Crippen LogP contribution in [0.1, 0.15) is 10.4 Å². The summed E-state index contributed by atoms with van der Waals surface area (Å²) in [5.74, 6) is -0.494. The molecule has 5 heteroatoms. The second-order valence-electron chi connectivity index (χ2n) is 4.46. The number of carbonyl (C=O) groups is 1. The molecule has 0 amide bonds. The molecule has 1 aromatic heterocycles. The monoisotopic (exact) mass is 300 g/mol. The van der Waals surface area contributed by atoms with Gasteiger partial charge in [-0.05, 0) is 18.2 Å². The number of hydrogen-bond donors (Lipinski definition) is 0. The third kappa shape index (κ3) is 2.58. The summed E-state index contributed by atoms with van der Waals surface area (Å²) >= 11 is 5.78. The van der Waals surface area contributed by atoms with E-state index in [4.69, 9.17) is 11.6 Å². The molecular formula is C16H10ClFN2O. The summed E-state index contributed by atoms with van der Waals surface area (Å²) in [6.45, 7) is 0. The zero-order valence-corrected chi connectivity index (χ0v) is 11.6. The lowest BCUT2D eigenvalue weighted by molar-refractivity contribution is 0.112. The van der Waals surface area contributed by atoms with Crippen LogP contribution in [0, 0.1) is 5.82 Å². The van der Waals surface area contributed by atoms with Crippen molar-refractivity contribution in [1.29, 1.82) is 0 Å². The molecule has 0 N–H and O–H groups in total. The Hall–Kier alpha value is -2.46. The Morgan fingerprint density at radius 2 is 1.90 bits per heavy atom. The lowest BCUT2D eigenvalue weighted by Crippen LogP contribution is -1.95. The van der Waals surface area contributed by atoms with Crippen LogP contribution in [0.15, 0.2) is 54.7 Å². The zero-order chi connectivity index (χ0) is 14.8. The van der Waals surface area contributed by atoms with Gasteiger partial charge in [0.15, 0.2) is 6.29 Å². The highest BCUT2D eigenvalue weighted by molar-refractivity contribution is 6.30. The van der Waals surface area contributed by atoms with E-state index in [9.17, 15) is 9.18 Å². The lowest BCUT2D eigenvalue weighted by Gasteiger charge is -2.02. The second kappa shape index (κ2) is 5.50. The van der Waals surface area contributed by atoms with Crippen LogP contribution in [0.4, 0.5) is 4.39 Å². The summed E-state index contributed by atoms with van der Waals surface area (Å²) in [7, 11) is 0. The first-order valence-electron chi connectivity index (χ1n) is 6.25. The highest BCUT2D eigenvalue weighted by Gasteiger charge is 2.12. The zero-order valence-electron chi connectivity index (χ0n) is 10.8. The van der Waals surface area contributed by atoms with Crippen LogP contribution in [0.3, 0.4) is 0 Å². The molecule has 0 fully saturated rings.